The minimum Gasteiger partial charge on any atom is -0.463 e. The maximum Gasteiger partial charge on any atom is 0.374 e. The first-order chi connectivity index (χ1) is 24.6. The van der Waals surface area contributed by atoms with Gasteiger partial charge in [-0.15, -0.1) is 0 Å². The van der Waals surface area contributed by atoms with E-state index >= 15 is 0 Å². The molecule has 13 nitrogen and oxygen atoms in total. The van der Waals surface area contributed by atoms with E-state index in [1.54, 1.807) is 36.4 Å². The van der Waals surface area contributed by atoms with Gasteiger partial charge in [-0.25, -0.2) is 4.79 Å². The topological polar surface area (TPSA) is 225 Å². The number of unbranched alkanes of at least 4 members (excludes halogenated alkanes) is 1. The van der Waals surface area contributed by atoms with E-state index in [9.17, 15) is 38.7 Å². The largest absolute Gasteiger partial charge is 0.463 e. The minimum atomic E-state index is -1.39. The van der Waals surface area contributed by atoms with Crippen LogP contribution in [0.1, 0.15) is 76.1 Å². The molecule has 2 aromatic rings. The smallest absolute Gasteiger partial charge is 0.374 e. The lowest BCUT2D eigenvalue weighted by Crippen LogP contribution is -2.51. The van der Waals surface area contributed by atoms with Crippen LogP contribution in [0.3, 0.4) is 0 Å². The van der Waals surface area contributed by atoms with Gasteiger partial charge in [0.05, 0.1) is 19.3 Å². The Kier molecular flexibility index (Phi) is 18.5. The molecule has 2 amide bonds. The van der Waals surface area contributed by atoms with Crippen LogP contribution in [0, 0.1) is 17.8 Å². The number of amides is 2. The molecule has 0 aliphatic heterocycles. The number of methoxy groups -OCH3 is 1. The lowest BCUT2D eigenvalue weighted by Gasteiger charge is -2.25. The molecular weight excluding hydrogens is 692 g/mol. The molecule has 0 saturated heterocycles. The summed E-state index contributed by atoms with van der Waals surface area (Å²) in [5, 5.41) is 16.3. The first-order valence-corrected chi connectivity index (χ1v) is 17.8. The highest BCUT2D eigenvalue weighted by molar-refractivity contribution is 6.34. The van der Waals surface area contributed by atoms with Gasteiger partial charge in [0.25, 0.3) is 0 Å². The molecule has 52 heavy (non-hydrogen) atoms. The van der Waals surface area contributed by atoms with E-state index < -0.39 is 71.1 Å². The van der Waals surface area contributed by atoms with E-state index in [1.807, 2.05) is 12.1 Å². The second-order valence-corrected chi connectivity index (χ2v) is 13.5. The summed E-state index contributed by atoms with van der Waals surface area (Å²) in [6.45, 7) is 4.65. The number of halogens is 1. The molecule has 0 bridgehead atoms. The summed E-state index contributed by atoms with van der Waals surface area (Å²) < 4.78 is 4.44. The second-order valence-electron chi connectivity index (χ2n) is 13.1. The van der Waals surface area contributed by atoms with Crippen LogP contribution in [0.5, 0.6) is 0 Å². The number of rotatable bonds is 23. The number of esters is 1. The van der Waals surface area contributed by atoms with Gasteiger partial charge in [0, 0.05) is 47.6 Å². The van der Waals surface area contributed by atoms with E-state index in [4.69, 9.17) is 23.1 Å². The number of Topliss-reactive ketones (excluding diaryl/α,β-unsaturated/α-hetero) is 4. The fourth-order valence-corrected chi connectivity index (χ4v) is 5.71. The summed E-state index contributed by atoms with van der Waals surface area (Å²) in [6.07, 6.45) is -0.780. The summed E-state index contributed by atoms with van der Waals surface area (Å²) in [7, 11) is 1.06. The molecule has 2 aromatic carbocycles. The molecule has 284 valence electrons. The van der Waals surface area contributed by atoms with Crippen LogP contribution in [-0.4, -0.2) is 84.4 Å². The van der Waals surface area contributed by atoms with Crippen molar-refractivity contribution in [2.45, 2.75) is 83.9 Å². The first-order valence-electron chi connectivity index (χ1n) is 17.4. The van der Waals surface area contributed by atoms with Gasteiger partial charge in [-0.3, -0.25) is 28.8 Å². The van der Waals surface area contributed by atoms with Crippen LogP contribution in [0.15, 0.2) is 48.5 Å². The highest BCUT2D eigenvalue weighted by atomic mass is 35.5. The molecule has 2 rings (SSSR count). The maximum absolute atomic E-state index is 13.4. The Bertz CT molecular complexity index is 1550. The molecule has 0 aliphatic rings. The maximum atomic E-state index is 13.4. The quantitative estimate of drug-likeness (QED) is 0.0482. The van der Waals surface area contributed by atoms with Crippen molar-refractivity contribution < 1.29 is 43.4 Å². The van der Waals surface area contributed by atoms with Crippen molar-refractivity contribution in [3.8, 4) is 11.1 Å². The molecule has 0 spiro atoms. The number of aliphatic hydroxyl groups excluding tert-OH is 1. The number of nitrogens with two attached hydrogens (primary N) is 2. The Morgan fingerprint density at radius 2 is 1.31 bits per heavy atom. The molecule has 7 N–H and O–H groups in total. The number of carbonyl (C=O) groups excluding carboxylic acids is 7. The zero-order valence-corrected chi connectivity index (χ0v) is 30.9. The summed E-state index contributed by atoms with van der Waals surface area (Å²) >= 11 is 5.97. The molecule has 0 fully saturated rings. The standard InChI is InChI=1S/C38H51ClN4O9/c1-22(35(48)38(51)52-4)19-32(46)30(7-5-6-17-40)42-36(49)23(2)20-33(47)34(24(3)44)43-37(50)28(16-18-41)21-31(45)27-10-8-25(9-11-27)26-12-14-29(39)15-13-26/h8-15,22-24,28,30,34,44H,5-7,16-21,40-41H2,1-4H3,(H,42,49)(H,43,50)/t22-,23-,24-,28-,30+,34+/m1/s1. The third kappa shape index (κ3) is 13.7. The number of ether oxygens (including phenoxy) is 1. The van der Waals surface area contributed by atoms with Crippen LogP contribution in [-0.2, 0) is 33.5 Å². The van der Waals surface area contributed by atoms with E-state index in [2.05, 4.69) is 15.4 Å². The van der Waals surface area contributed by atoms with Gasteiger partial charge in [0.2, 0.25) is 17.6 Å². The lowest BCUT2D eigenvalue weighted by atomic mass is 9.91. The molecule has 0 saturated carbocycles. The van der Waals surface area contributed by atoms with Gasteiger partial charge in [-0.05, 0) is 69.0 Å². The van der Waals surface area contributed by atoms with Crippen molar-refractivity contribution in [1.29, 1.82) is 0 Å². The minimum absolute atomic E-state index is 0.0894. The van der Waals surface area contributed by atoms with E-state index in [0.29, 0.717) is 30.0 Å². The van der Waals surface area contributed by atoms with Gasteiger partial charge >= 0.3 is 5.97 Å². The number of benzene rings is 2. The number of hydrogen-bond acceptors (Lipinski definition) is 11. The number of aliphatic hydroxyl groups is 1. The van der Waals surface area contributed by atoms with Gasteiger partial charge in [0.1, 0.15) is 6.04 Å². The van der Waals surface area contributed by atoms with Crippen LogP contribution >= 0.6 is 11.6 Å². The highest BCUT2D eigenvalue weighted by Gasteiger charge is 2.33. The zero-order chi connectivity index (χ0) is 39.0. The van der Waals surface area contributed by atoms with Crippen LogP contribution in [0.4, 0.5) is 0 Å². The Balaban J connectivity index is 2.08. The number of ketones is 4. The molecule has 14 heteroatoms. The van der Waals surface area contributed by atoms with Crippen LogP contribution in [0.2, 0.25) is 5.02 Å². The summed E-state index contributed by atoms with van der Waals surface area (Å²) in [4.78, 5) is 90.0. The van der Waals surface area contributed by atoms with Gasteiger partial charge in [-0.1, -0.05) is 61.8 Å². The molecule has 0 aromatic heterocycles. The average molecular weight is 743 g/mol. The van der Waals surface area contributed by atoms with Crippen molar-refractivity contribution in [1.82, 2.24) is 10.6 Å². The highest BCUT2D eigenvalue weighted by Crippen LogP contribution is 2.23. The predicted octanol–water partition coefficient (Wildman–Crippen LogP) is 2.96. The summed E-state index contributed by atoms with van der Waals surface area (Å²) in [6, 6.07) is 11.8. The number of hydrogen-bond donors (Lipinski definition) is 5. The SMILES string of the molecule is COC(=O)C(=O)[C@H](C)CC(=O)[C@H](CCCCN)NC(=O)[C@H](C)CC(=O)[C@@H](NC(=O)[C@H](CCN)CC(=O)c1ccc(-c2ccc(Cl)cc2)cc1)[C@@H](C)O. The van der Waals surface area contributed by atoms with Crippen molar-refractivity contribution in [2.75, 3.05) is 20.2 Å². The van der Waals surface area contributed by atoms with E-state index in [-0.39, 0.29) is 44.4 Å². The fraction of sp³-hybridized carbons (Fsp3) is 0.500. The molecular formula is C38H51ClN4O9. The molecule has 0 radical (unpaired) electrons. The first kappa shape index (κ1) is 43.9. The third-order valence-corrected chi connectivity index (χ3v) is 9.03. The Labute approximate surface area is 309 Å². The number of nitrogens with one attached hydrogen (secondary N) is 2. The van der Waals surface area contributed by atoms with Gasteiger partial charge in [-0.2, -0.15) is 0 Å². The Morgan fingerprint density at radius 3 is 1.85 bits per heavy atom. The monoisotopic (exact) mass is 742 g/mol. The average Bonchev–Trinajstić information content (AvgIpc) is 3.12. The van der Waals surface area contributed by atoms with Crippen molar-refractivity contribution in [2.24, 2.45) is 29.2 Å². The zero-order valence-electron chi connectivity index (χ0n) is 30.2. The van der Waals surface area contributed by atoms with Crippen molar-refractivity contribution in [3.63, 3.8) is 0 Å². The van der Waals surface area contributed by atoms with Gasteiger partial charge in [0.15, 0.2) is 17.3 Å². The Morgan fingerprint density at radius 1 is 0.731 bits per heavy atom. The fourth-order valence-electron chi connectivity index (χ4n) is 5.58. The van der Waals surface area contributed by atoms with Crippen LogP contribution in [0.25, 0.3) is 11.1 Å². The summed E-state index contributed by atoms with van der Waals surface area (Å²) in [5.74, 6) is -7.45. The molecule has 0 unspecified atom stereocenters. The lowest BCUT2D eigenvalue weighted by molar-refractivity contribution is -0.153. The van der Waals surface area contributed by atoms with Crippen LogP contribution < -0.4 is 22.1 Å². The number of carbonyl (C=O) groups is 7. The third-order valence-electron chi connectivity index (χ3n) is 8.78. The van der Waals surface area contributed by atoms with E-state index in [0.717, 1.165) is 18.2 Å². The summed E-state index contributed by atoms with van der Waals surface area (Å²) in [5.41, 5.74) is 13.5. The van der Waals surface area contributed by atoms with E-state index in [1.165, 1.54) is 20.8 Å². The van der Waals surface area contributed by atoms with Crippen molar-refractivity contribution in [3.05, 3.63) is 59.1 Å². The Hall–Kier alpha value is -4.30. The predicted molar refractivity (Wildman–Crippen MR) is 196 cm³/mol. The normalized spacial score (nSPS) is 14.5. The van der Waals surface area contributed by atoms with Gasteiger partial charge < -0.3 is 31.9 Å². The molecule has 0 heterocycles. The van der Waals surface area contributed by atoms with Crippen molar-refractivity contribution >= 4 is 52.5 Å². The molecule has 0 aliphatic carbocycles. The molecule has 6 atom stereocenters. The second kappa shape index (κ2) is 21.9.